The molecule has 274 valence electrons. The van der Waals surface area contributed by atoms with Gasteiger partial charge in [0.1, 0.15) is 48.8 Å². The van der Waals surface area contributed by atoms with Crippen LogP contribution in [0.5, 0.6) is 0 Å². The number of aliphatic hydroxyl groups is 7. The van der Waals surface area contributed by atoms with Crippen molar-refractivity contribution in [3.8, 4) is 0 Å². The van der Waals surface area contributed by atoms with E-state index in [-0.39, 0.29) is 25.6 Å². The average molecular weight is 684 g/mol. The monoisotopic (exact) mass is 683 g/mol. The standard InChI is InChI=1S/C30H53NO16/c1-11-16(32)8-15(10-41-11)45-27-22(37)24(19(34)13(3)43-27)46-28-23(38)25(20(35)14(4)44-28)47-29-26(40-7)21(36)18(12(2)42-29)31-17(33)9-30(5,6)39/h11-16,18-29,32,34-39H,8-10H2,1-7H3,(H,31,33)/t11?,12?,13?,14?,15?,16-,18-,19+,20+,21?,22?,23?,24?,25?,26?,27+,28+,29+/m1/s1. The Hall–Kier alpha value is -1.13. The van der Waals surface area contributed by atoms with Crippen molar-refractivity contribution in [1.29, 1.82) is 0 Å². The molecule has 4 fully saturated rings. The minimum atomic E-state index is -1.70. The van der Waals surface area contributed by atoms with Gasteiger partial charge < -0.3 is 79.0 Å². The van der Waals surface area contributed by atoms with E-state index in [0.29, 0.717) is 0 Å². The smallest absolute Gasteiger partial charge is 0.223 e. The zero-order valence-electron chi connectivity index (χ0n) is 27.8. The van der Waals surface area contributed by atoms with Gasteiger partial charge in [-0.1, -0.05) is 0 Å². The number of rotatable bonds is 10. The highest BCUT2D eigenvalue weighted by Gasteiger charge is 2.53. The summed E-state index contributed by atoms with van der Waals surface area (Å²) in [6.07, 6.45) is -19.9. The molecule has 0 aromatic rings. The molecule has 4 aliphatic heterocycles. The fourth-order valence-corrected chi connectivity index (χ4v) is 6.24. The Morgan fingerprint density at radius 2 is 1.23 bits per heavy atom. The molecule has 47 heavy (non-hydrogen) atoms. The number of ether oxygens (including phenoxy) is 8. The number of hydrogen-bond donors (Lipinski definition) is 8. The van der Waals surface area contributed by atoms with Gasteiger partial charge in [-0.2, -0.15) is 0 Å². The van der Waals surface area contributed by atoms with E-state index in [9.17, 15) is 40.5 Å². The Bertz CT molecular complexity index is 1020. The van der Waals surface area contributed by atoms with Gasteiger partial charge in [-0.25, -0.2) is 0 Å². The van der Waals surface area contributed by atoms with E-state index in [1.54, 1.807) is 20.8 Å². The van der Waals surface area contributed by atoms with Gasteiger partial charge in [0.15, 0.2) is 18.9 Å². The van der Waals surface area contributed by atoms with Crippen LogP contribution >= 0.6 is 0 Å². The Morgan fingerprint density at radius 1 is 0.723 bits per heavy atom. The highest BCUT2D eigenvalue weighted by Crippen LogP contribution is 2.34. The molecular weight excluding hydrogens is 630 g/mol. The lowest BCUT2D eigenvalue weighted by Gasteiger charge is -2.48. The molecule has 0 radical (unpaired) electrons. The third-order valence-corrected chi connectivity index (χ3v) is 9.08. The van der Waals surface area contributed by atoms with Gasteiger partial charge in [0.05, 0.1) is 61.3 Å². The van der Waals surface area contributed by atoms with E-state index >= 15 is 0 Å². The van der Waals surface area contributed by atoms with Crippen LogP contribution in [-0.4, -0.2) is 171 Å². The minimum absolute atomic E-state index is 0.152. The van der Waals surface area contributed by atoms with Gasteiger partial charge in [-0.3, -0.25) is 4.79 Å². The molecule has 1 amide bonds. The highest BCUT2D eigenvalue weighted by molar-refractivity contribution is 5.77. The summed E-state index contributed by atoms with van der Waals surface area (Å²) in [4.78, 5) is 12.5. The quantitative estimate of drug-likeness (QED) is 0.114. The number of hydrogen-bond acceptors (Lipinski definition) is 16. The maximum Gasteiger partial charge on any atom is 0.223 e. The molecule has 17 nitrogen and oxygen atoms in total. The number of aliphatic hydroxyl groups excluding tert-OH is 6. The molecule has 4 heterocycles. The Balaban J connectivity index is 1.43. The van der Waals surface area contributed by atoms with Crippen LogP contribution in [0.3, 0.4) is 0 Å². The largest absolute Gasteiger partial charge is 0.390 e. The van der Waals surface area contributed by atoms with Crippen molar-refractivity contribution in [3.63, 3.8) is 0 Å². The molecule has 17 heteroatoms. The molecule has 0 aromatic carbocycles. The van der Waals surface area contributed by atoms with E-state index in [0.717, 1.165) is 0 Å². The van der Waals surface area contributed by atoms with Crippen molar-refractivity contribution in [2.24, 2.45) is 0 Å². The van der Waals surface area contributed by atoms with Crippen LogP contribution < -0.4 is 5.32 Å². The number of nitrogens with one attached hydrogen (secondary N) is 1. The van der Waals surface area contributed by atoms with Crippen LogP contribution in [0.1, 0.15) is 54.4 Å². The molecule has 0 saturated carbocycles. The van der Waals surface area contributed by atoms with Gasteiger partial charge in [0.25, 0.3) is 0 Å². The summed E-state index contributed by atoms with van der Waals surface area (Å²) in [5.74, 6) is -0.519. The Kier molecular flexibility index (Phi) is 13.0. The van der Waals surface area contributed by atoms with Crippen LogP contribution in [0.15, 0.2) is 0 Å². The molecule has 0 aromatic heterocycles. The second-order valence-corrected chi connectivity index (χ2v) is 13.7. The molecule has 4 rings (SSSR count). The summed E-state index contributed by atoms with van der Waals surface area (Å²) < 4.78 is 46.1. The average Bonchev–Trinajstić information content (AvgIpc) is 2.97. The van der Waals surface area contributed by atoms with Gasteiger partial charge in [-0.05, 0) is 41.5 Å². The number of amides is 1. The van der Waals surface area contributed by atoms with Crippen LogP contribution in [0.4, 0.5) is 0 Å². The van der Waals surface area contributed by atoms with Crippen molar-refractivity contribution in [1.82, 2.24) is 5.32 Å². The molecule has 4 saturated heterocycles. The third kappa shape index (κ3) is 9.16. The molecule has 0 spiro atoms. The highest BCUT2D eigenvalue weighted by atomic mass is 16.8. The predicted octanol–water partition coefficient (Wildman–Crippen LogP) is -2.99. The van der Waals surface area contributed by atoms with E-state index < -0.39 is 116 Å². The SMILES string of the molecule is COC1C(O)[C@H](NC(=O)CC(C)(C)O)C(C)O[C@H]1OC1C(O)[C@H](OC2C(O)[C@H](OC3COC(C)[C@H](O)C3)OC(C)[C@@H]2O)OC(C)[C@@H]1O. The number of carbonyl (C=O) groups is 1. The Labute approximate surface area is 273 Å². The molecule has 11 unspecified atom stereocenters. The lowest BCUT2D eigenvalue weighted by Crippen LogP contribution is -2.67. The van der Waals surface area contributed by atoms with E-state index in [1.165, 1.54) is 27.9 Å². The predicted molar refractivity (Wildman–Crippen MR) is 157 cm³/mol. The maximum atomic E-state index is 12.5. The van der Waals surface area contributed by atoms with Crippen LogP contribution in [-0.2, 0) is 42.7 Å². The van der Waals surface area contributed by atoms with E-state index in [1.807, 2.05) is 0 Å². The van der Waals surface area contributed by atoms with Crippen molar-refractivity contribution < 1.29 is 78.4 Å². The molecule has 18 atom stereocenters. The van der Waals surface area contributed by atoms with Crippen LogP contribution in [0.2, 0.25) is 0 Å². The number of carbonyl (C=O) groups excluding carboxylic acids is 1. The summed E-state index contributed by atoms with van der Waals surface area (Å²) in [6, 6.07) is -0.935. The van der Waals surface area contributed by atoms with Crippen molar-refractivity contribution in [3.05, 3.63) is 0 Å². The second-order valence-electron chi connectivity index (χ2n) is 13.7. The zero-order chi connectivity index (χ0) is 35.0. The first-order valence-electron chi connectivity index (χ1n) is 16.1. The fourth-order valence-electron chi connectivity index (χ4n) is 6.24. The summed E-state index contributed by atoms with van der Waals surface area (Å²) in [5.41, 5.74) is -1.28. The first kappa shape index (κ1) is 38.7. The molecule has 0 aliphatic carbocycles. The topological polar surface area (TPSA) is 245 Å². The molecule has 0 bridgehead atoms. The van der Waals surface area contributed by atoms with Gasteiger partial charge >= 0.3 is 0 Å². The van der Waals surface area contributed by atoms with Gasteiger partial charge in [0.2, 0.25) is 5.91 Å². The fraction of sp³-hybridized carbons (Fsp3) is 0.967. The lowest BCUT2D eigenvalue weighted by molar-refractivity contribution is -0.376. The maximum absolute atomic E-state index is 12.5. The third-order valence-electron chi connectivity index (χ3n) is 9.08. The van der Waals surface area contributed by atoms with Crippen molar-refractivity contribution >= 4 is 5.91 Å². The van der Waals surface area contributed by atoms with Crippen molar-refractivity contribution in [2.75, 3.05) is 13.7 Å². The van der Waals surface area contributed by atoms with Crippen LogP contribution in [0, 0.1) is 0 Å². The molecule has 4 aliphatic rings. The van der Waals surface area contributed by atoms with Crippen LogP contribution in [0.25, 0.3) is 0 Å². The summed E-state index contributed by atoms with van der Waals surface area (Å²) in [5, 5.41) is 78.2. The van der Waals surface area contributed by atoms with Gasteiger partial charge in [-0.15, -0.1) is 0 Å². The normalized spacial score (nSPS) is 48.2. The zero-order valence-corrected chi connectivity index (χ0v) is 27.8. The summed E-state index contributed by atoms with van der Waals surface area (Å²) in [6.45, 7) is 9.47. The van der Waals surface area contributed by atoms with E-state index in [4.69, 9.17) is 37.9 Å². The first-order chi connectivity index (χ1) is 21.9. The lowest BCUT2D eigenvalue weighted by atomic mass is 9.94. The summed E-state index contributed by atoms with van der Waals surface area (Å²) >= 11 is 0. The first-order valence-corrected chi connectivity index (χ1v) is 16.1. The Morgan fingerprint density at radius 3 is 1.74 bits per heavy atom. The molecule has 8 N–H and O–H groups in total. The van der Waals surface area contributed by atoms with Gasteiger partial charge in [0, 0.05) is 13.5 Å². The second kappa shape index (κ2) is 15.8. The minimum Gasteiger partial charge on any atom is -0.390 e. The summed E-state index contributed by atoms with van der Waals surface area (Å²) in [7, 11) is 1.29. The van der Waals surface area contributed by atoms with E-state index in [2.05, 4.69) is 5.32 Å². The molecular formula is C30H53NO16. The van der Waals surface area contributed by atoms with Crippen molar-refractivity contribution in [2.45, 2.75) is 170 Å². The number of methoxy groups -OCH3 is 1.